The predicted molar refractivity (Wildman–Crippen MR) is 99.5 cm³/mol. The minimum Gasteiger partial charge on any atom is -0.342 e. The summed E-state index contributed by atoms with van der Waals surface area (Å²) >= 11 is 1.48. The van der Waals surface area contributed by atoms with Crippen LogP contribution in [0.5, 0.6) is 0 Å². The van der Waals surface area contributed by atoms with Gasteiger partial charge in [0.05, 0.1) is 11.4 Å². The summed E-state index contributed by atoms with van der Waals surface area (Å²) in [6.45, 7) is 5.90. The third-order valence-corrected chi connectivity index (χ3v) is 5.74. The normalized spacial score (nSPS) is 17.0. The van der Waals surface area contributed by atoms with Crippen LogP contribution in [0, 0.1) is 6.92 Å². The first kappa shape index (κ1) is 16.4. The number of carbonyl (C=O) groups is 1. The molecule has 2 fully saturated rings. The van der Waals surface area contributed by atoms with Crippen molar-refractivity contribution in [3.8, 4) is 5.69 Å². The quantitative estimate of drug-likeness (QED) is 0.770. The van der Waals surface area contributed by atoms with Crippen molar-refractivity contribution in [2.75, 3.05) is 36.8 Å². The number of aromatic nitrogens is 3. The molecule has 6 nitrogen and oxygen atoms in total. The van der Waals surface area contributed by atoms with Crippen molar-refractivity contribution in [1.29, 1.82) is 0 Å². The topological polar surface area (TPSA) is 54.3 Å². The monoisotopic (exact) mass is 357 g/mol. The lowest BCUT2D eigenvalue weighted by molar-refractivity contribution is -0.131. The number of likely N-dealkylation sites (tertiary alicyclic amines) is 1. The lowest BCUT2D eigenvalue weighted by Gasteiger charge is -2.30. The lowest BCUT2D eigenvalue weighted by Crippen LogP contribution is -2.43. The standard InChI is InChI=1S/C18H23N5OS/c1-14-5-7-15(8-6-14)23-17(22-9-2-3-10-22)19-20-18(23)25-13-16(24)21-11-4-12-21/h5-8H,2-4,9-13H2,1H3. The summed E-state index contributed by atoms with van der Waals surface area (Å²) in [7, 11) is 0. The number of rotatable bonds is 5. The van der Waals surface area contributed by atoms with Crippen molar-refractivity contribution in [3.63, 3.8) is 0 Å². The Morgan fingerprint density at radius 1 is 1.04 bits per heavy atom. The van der Waals surface area contributed by atoms with E-state index in [0.29, 0.717) is 5.75 Å². The predicted octanol–water partition coefficient (Wildman–Crippen LogP) is 2.50. The number of benzene rings is 1. The molecule has 0 saturated carbocycles. The Hall–Kier alpha value is -2.02. The number of anilines is 1. The van der Waals surface area contributed by atoms with E-state index in [2.05, 4.69) is 50.9 Å². The molecule has 3 heterocycles. The fourth-order valence-corrected chi connectivity index (χ4v) is 4.03. The first-order valence-electron chi connectivity index (χ1n) is 8.90. The third-order valence-electron chi connectivity index (χ3n) is 4.83. The van der Waals surface area contributed by atoms with E-state index in [0.717, 1.165) is 49.4 Å². The van der Waals surface area contributed by atoms with Gasteiger partial charge in [0, 0.05) is 26.2 Å². The van der Waals surface area contributed by atoms with Crippen LogP contribution in [0.25, 0.3) is 5.69 Å². The van der Waals surface area contributed by atoms with E-state index in [-0.39, 0.29) is 5.91 Å². The lowest BCUT2D eigenvalue weighted by atomic mass is 10.2. The van der Waals surface area contributed by atoms with Gasteiger partial charge in [0.15, 0.2) is 5.16 Å². The number of aryl methyl sites for hydroxylation is 1. The summed E-state index contributed by atoms with van der Waals surface area (Å²) in [6.07, 6.45) is 3.50. The second-order valence-electron chi connectivity index (χ2n) is 6.67. The van der Waals surface area contributed by atoms with E-state index in [1.807, 2.05) is 4.90 Å². The van der Waals surface area contributed by atoms with E-state index in [1.165, 1.54) is 30.2 Å². The second kappa shape index (κ2) is 7.07. The highest BCUT2D eigenvalue weighted by Crippen LogP contribution is 2.29. The van der Waals surface area contributed by atoms with Gasteiger partial charge in [0.2, 0.25) is 11.9 Å². The van der Waals surface area contributed by atoms with Crippen molar-refractivity contribution in [2.45, 2.75) is 31.3 Å². The molecular formula is C18H23N5OS. The molecule has 2 aliphatic heterocycles. The summed E-state index contributed by atoms with van der Waals surface area (Å²) in [6, 6.07) is 8.39. The van der Waals surface area contributed by atoms with Gasteiger partial charge in [-0.2, -0.15) is 0 Å². The first-order valence-corrected chi connectivity index (χ1v) is 9.89. The largest absolute Gasteiger partial charge is 0.342 e. The van der Waals surface area contributed by atoms with Gasteiger partial charge in [-0.25, -0.2) is 0 Å². The Bertz CT molecular complexity index is 747. The fourth-order valence-electron chi connectivity index (χ4n) is 3.18. The minimum atomic E-state index is 0.192. The highest BCUT2D eigenvalue weighted by atomic mass is 32.2. The Kier molecular flexibility index (Phi) is 4.65. The maximum Gasteiger partial charge on any atom is 0.233 e. The van der Waals surface area contributed by atoms with Crippen LogP contribution in [0.1, 0.15) is 24.8 Å². The molecule has 2 aliphatic rings. The van der Waals surface area contributed by atoms with E-state index < -0.39 is 0 Å². The van der Waals surface area contributed by atoms with Gasteiger partial charge >= 0.3 is 0 Å². The molecule has 1 amide bonds. The van der Waals surface area contributed by atoms with E-state index >= 15 is 0 Å². The Morgan fingerprint density at radius 3 is 2.40 bits per heavy atom. The number of hydrogen-bond donors (Lipinski definition) is 0. The van der Waals surface area contributed by atoms with Gasteiger partial charge in [0.25, 0.3) is 0 Å². The van der Waals surface area contributed by atoms with Crippen LogP contribution in [0.3, 0.4) is 0 Å². The van der Waals surface area contributed by atoms with E-state index in [1.54, 1.807) is 0 Å². The fraction of sp³-hybridized carbons (Fsp3) is 0.500. The number of hydrogen-bond acceptors (Lipinski definition) is 5. The van der Waals surface area contributed by atoms with Crippen molar-refractivity contribution >= 4 is 23.6 Å². The number of thioether (sulfide) groups is 1. The minimum absolute atomic E-state index is 0.192. The van der Waals surface area contributed by atoms with Crippen LogP contribution in [-0.4, -0.2) is 57.5 Å². The van der Waals surface area contributed by atoms with Crippen LogP contribution < -0.4 is 4.90 Å². The van der Waals surface area contributed by atoms with E-state index in [4.69, 9.17) is 0 Å². The molecule has 1 aromatic heterocycles. The summed E-state index contributed by atoms with van der Waals surface area (Å²) in [5.74, 6) is 1.50. The van der Waals surface area contributed by atoms with Crippen LogP contribution in [0.15, 0.2) is 29.4 Å². The van der Waals surface area contributed by atoms with Crippen molar-refractivity contribution < 1.29 is 4.79 Å². The zero-order valence-corrected chi connectivity index (χ0v) is 15.3. The van der Waals surface area contributed by atoms with Gasteiger partial charge in [-0.1, -0.05) is 29.5 Å². The SMILES string of the molecule is Cc1ccc(-n2c(SCC(=O)N3CCC3)nnc2N2CCCC2)cc1. The molecule has 0 bridgehead atoms. The number of carbonyl (C=O) groups excluding carboxylic acids is 1. The molecule has 0 radical (unpaired) electrons. The van der Waals surface area contributed by atoms with Gasteiger partial charge in [-0.15, -0.1) is 10.2 Å². The molecule has 0 aliphatic carbocycles. The van der Waals surface area contributed by atoms with E-state index in [9.17, 15) is 4.79 Å². The highest BCUT2D eigenvalue weighted by Gasteiger charge is 2.24. The summed E-state index contributed by atoms with van der Waals surface area (Å²) < 4.78 is 2.10. The molecule has 4 rings (SSSR count). The molecule has 0 N–H and O–H groups in total. The first-order chi connectivity index (χ1) is 12.2. The molecule has 2 aromatic rings. The maximum absolute atomic E-state index is 12.2. The summed E-state index contributed by atoms with van der Waals surface area (Å²) in [4.78, 5) is 16.4. The Balaban J connectivity index is 1.61. The zero-order chi connectivity index (χ0) is 17.2. The zero-order valence-electron chi connectivity index (χ0n) is 14.5. The van der Waals surface area contributed by atoms with Crippen LogP contribution in [-0.2, 0) is 4.79 Å². The summed E-state index contributed by atoms with van der Waals surface area (Å²) in [5, 5.41) is 9.64. The molecule has 1 aromatic carbocycles. The Labute approximate surface area is 152 Å². The van der Waals surface area contributed by atoms with Crippen LogP contribution in [0.2, 0.25) is 0 Å². The molecule has 0 spiro atoms. The highest BCUT2D eigenvalue weighted by molar-refractivity contribution is 7.99. The molecule has 2 saturated heterocycles. The van der Waals surface area contributed by atoms with Gasteiger partial charge < -0.3 is 9.80 Å². The molecule has 25 heavy (non-hydrogen) atoms. The van der Waals surface area contributed by atoms with Crippen molar-refractivity contribution in [2.24, 2.45) is 0 Å². The van der Waals surface area contributed by atoms with Gasteiger partial charge in [0.1, 0.15) is 0 Å². The molecule has 7 heteroatoms. The van der Waals surface area contributed by atoms with Crippen LogP contribution in [0.4, 0.5) is 5.95 Å². The molecule has 132 valence electrons. The Morgan fingerprint density at radius 2 is 1.76 bits per heavy atom. The molecule has 0 unspecified atom stereocenters. The third kappa shape index (κ3) is 3.38. The summed E-state index contributed by atoms with van der Waals surface area (Å²) in [5.41, 5.74) is 2.28. The molecule has 0 atom stereocenters. The van der Waals surface area contributed by atoms with Crippen LogP contribution >= 0.6 is 11.8 Å². The molecular weight excluding hydrogens is 334 g/mol. The van der Waals surface area contributed by atoms with Crippen molar-refractivity contribution in [1.82, 2.24) is 19.7 Å². The maximum atomic E-state index is 12.2. The average molecular weight is 357 g/mol. The van der Waals surface area contributed by atoms with Gasteiger partial charge in [-0.3, -0.25) is 9.36 Å². The smallest absolute Gasteiger partial charge is 0.233 e. The second-order valence-corrected chi connectivity index (χ2v) is 7.61. The van der Waals surface area contributed by atoms with Gasteiger partial charge in [-0.05, 0) is 38.3 Å². The number of amides is 1. The average Bonchev–Trinajstić information content (AvgIpc) is 3.21. The van der Waals surface area contributed by atoms with Crippen molar-refractivity contribution in [3.05, 3.63) is 29.8 Å². The number of nitrogens with zero attached hydrogens (tertiary/aromatic N) is 5.